The Morgan fingerprint density at radius 3 is 3.04 bits per heavy atom. The maximum Gasteiger partial charge on any atom is 0.276 e. The predicted molar refractivity (Wildman–Crippen MR) is 86.7 cm³/mol. The van der Waals surface area contributed by atoms with Crippen molar-refractivity contribution in [1.29, 1.82) is 0 Å². The Morgan fingerprint density at radius 2 is 2.24 bits per heavy atom. The third-order valence-corrected chi connectivity index (χ3v) is 3.95. The summed E-state index contributed by atoms with van der Waals surface area (Å²) in [6.45, 7) is 1.08. The van der Waals surface area contributed by atoms with Crippen LogP contribution in [-0.4, -0.2) is 50.1 Å². The third kappa shape index (κ3) is 3.32. The number of amides is 1. The Labute approximate surface area is 143 Å². The molecule has 8 nitrogen and oxygen atoms in total. The van der Waals surface area contributed by atoms with E-state index in [2.05, 4.69) is 20.1 Å². The highest BCUT2D eigenvalue weighted by molar-refractivity contribution is 5.93. The highest BCUT2D eigenvalue weighted by Crippen LogP contribution is 2.22. The average Bonchev–Trinajstić information content (AvgIpc) is 3.33. The highest BCUT2D eigenvalue weighted by atomic mass is 16.5. The normalized spacial score (nSPS) is 16.8. The molecule has 0 unspecified atom stereocenters. The standard InChI is InChI=1S/C17H15N5O3/c23-17(14-8-15(25-21-14)12-2-1-5-18-9-12)22-7-4-13(10-22)24-16-3-6-19-11-20-16/h1-3,5-6,8-9,11,13H,4,7,10H2/t13-/m0/s1. The second-order valence-corrected chi connectivity index (χ2v) is 5.65. The van der Waals surface area contributed by atoms with E-state index in [0.717, 1.165) is 12.0 Å². The van der Waals surface area contributed by atoms with Crippen LogP contribution in [0.4, 0.5) is 0 Å². The van der Waals surface area contributed by atoms with E-state index in [1.165, 1.54) is 6.33 Å². The fourth-order valence-corrected chi connectivity index (χ4v) is 2.71. The van der Waals surface area contributed by atoms with E-state index in [-0.39, 0.29) is 17.7 Å². The molecule has 0 N–H and O–H groups in total. The van der Waals surface area contributed by atoms with Gasteiger partial charge in [-0.1, -0.05) is 5.16 Å². The fraction of sp³-hybridized carbons (Fsp3) is 0.235. The van der Waals surface area contributed by atoms with E-state index in [1.54, 1.807) is 41.7 Å². The number of hydrogen-bond donors (Lipinski definition) is 0. The molecule has 0 aromatic carbocycles. The van der Waals surface area contributed by atoms with Gasteiger partial charge in [0.15, 0.2) is 11.5 Å². The van der Waals surface area contributed by atoms with Crippen LogP contribution in [0.25, 0.3) is 11.3 Å². The molecule has 0 spiro atoms. The minimum absolute atomic E-state index is 0.0939. The van der Waals surface area contributed by atoms with Gasteiger partial charge < -0.3 is 14.2 Å². The number of ether oxygens (including phenoxy) is 1. The van der Waals surface area contributed by atoms with E-state index < -0.39 is 0 Å². The molecule has 126 valence electrons. The lowest BCUT2D eigenvalue weighted by Gasteiger charge is -2.15. The van der Waals surface area contributed by atoms with Crippen LogP contribution in [0, 0.1) is 0 Å². The summed E-state index contributed by atoms with van der Waals surface area (Å²) < 4.78 is 11.0. The molecule has 1 aliphatic rings. The Bertz CT molecular complexity index is 853. The van der Waals surface area contributed by atoms with E-state index >= 15 is 0 Å². The summed E-state index contributed by atoms with van der Waals surface area (Å²) in [6.07, 6.45) is 7.04. The molecule has 1 saturated heterocycles. The topological polar surface area (TPSA) is 94.2 Å². The lowest BCUT2D eigenvalue weighted by molar-refractivity contribution is 0.0761. The van der Waals surface area contributed by atoms with Crippen molar-refractivity contribution in [3.8, 4) is 17.2 Å². The molecule has 0 saturated carbocycles. The fourth-order valence-electron chi connectivity index (χ4n) is 2.71. The minimum atomic E-state index is -0.173. The first-order valence-corrected chi connectivity index (χ1v) is 7.88. The summed E-state index contributed by atoms with van der Waals surface area (Å²) in [7, 11) is 0. The van der Waals surface area contributed by atoms with Crippen molar-refractivity contribution in [2.24, 2.45) is 0 Å². The van der Waals surface area contributed by atoms with Crippen molar-refractivity contribution in [2.75, 3.05) is 13.1 Å². The molecule has 3 aromatic rings. The third-order valence-electron chi connectivity index (χ3n) is 3.95. The lowest BCUT2D eigenvalue weighted by atomic mass is 10.2. The molecule has 1 aliphatic heterocycles. The number of hydrogen-bond acceptors (Lipinski definition) is 7. The maximum atomic E-state index is 12.6. The van der Waals surface area contributed by atoms with Gasteiger partial charge in [0.1, 0.15) is 12.4 Å². The Morgan fingerprint density at radius 1 is 1.28 bits per heavy atom. The number of aromatic nitrogens is 4. The van der Waals surface area contributed by atoms with Crippen LogP contribution in [0.15, 0.2) is 53.7 Å². The molecule has 4 rings (SSSR count). The first kappa shape index (κ1) is 15.3. The number of carbonyl (C=O) groups excluding carboxylic acids is 1. The van der Waals surface area contributed by atoms with Crippen LogP contribution >= 0.6 is 0 Å². The average molecular weight is 337 g/mol. The molecule has 0 radical (unpaired) electrons. The molecule has 0 aliphatic carbocycles. The molecule has 3 aromatic heterocycles. The number of nitrogens with zero attached hydrogens (tertiary/aromatic N) is 5. The number of likely N-dealkylation sites (tertiary alicyclic amines) is 1. The maximum absolute atomic E-state index is 12.6. The molecule has 25 heavy (non-hydrogen) atoms. The number of carbonyl (C=O) groups is 1. The summed E-state index contributed by atoms with van der Waals surface area (Å²) in [5.41, 5.74) is 1.06. The Kier molecular flexibility index (Phi) is 4.07. The van der Waals surface area contributed by atoms with Gasteiger partial charge in [-0.25, -0.2) is 9.97 Å². The van der Waals surface area contributed by atoms with Crippen molar-refractivity contribution in [3.05, 3.63) is 54.9 Å². The SMILES string of the molecule is O=C(c1cc(-c2cccnc2)on1)N1CC[C@H](Oc2ccncn2)C1. The molecule has 8 heteroatoms. The van der Waals surface area contributed by atoms with Crippen LogP contribution < -0.4 is 4.74 Å². The van der Waals surface area contributed by atoms with Crippen LogP contribution in [0.2, 0.25) is 0 Å². The Hall–Kier alpha value is -3.29. The van der Waals surface area contributed by atoms with Gasteiger partial charge in [-0.05, 0) is 12.1 Å². The van der Waals surface area contributed by atoms with Crippen LogP contribution in [0.3, 0.4) is 0 Å². The smallest absolute Gasteiger partial charge is 0.276 e. The molecular formula is C17H15N5O3. The minimum Gasteiger partial charge on any atom is -0.472 e. The van der Waals surface area contributed by atoms with Gasteiger partial charge in [0.2, 0.25) is 5.88 Å². The summed E-state index contributed by atoms with van der Waals surface area (Å²) >= 11 is 0. The summed E-state index contributed by atoms with van der Waals surface area (Å²) in [6, 6.07) is 6.98. The second-order valence-electron chi connectivity index (χ2n) is 5.65. The largest absolute Gasteiger partial charge is 0.472 e. The van der Waals surface area contributed by atoms with Crippen molar-refractivity contribution < 1.29 is 14.1 Å². The van der Waals surface area contributed by atoms with Gasteiger partial charge in [0, 0.05) is 49.3 Å². The molecule has 4 heterocycles. The number of rotatable bonds is 4. The summed E-state index contributed by atoms with van der Waals surface area (Å²) in [4.78, 5) is 26.2. The molecule has 0 bridgehead atoms. The van der Waals surface area contributed by atoms with Gasteiger partial charge in [-0.3, -0.25) is 9.78 Å². The zero-order valence-corrected chi connectivity index (χ0v) is 13.3. The van der Waals surface area contributed by atoms with Gasteiger partial charge in [-0.2, -0.15) is 0 Å². The van der Waals surface area contributed by atoms with Gasteiger partial charge in [0.25, 0.3) is 5.91 Å². The van der Waals surface area contributed by atoms with E-state index in [4.69, 9.17) is 9.26 Å². The molecular weight excluding hydrogens is 322 g/mol. The molecule has 1 atom stereocenters. The van der Waals surface area contributed by atoms with Gasteiger partial charge in [-0.15, -0.1) is 0 Å². The first-order valence-electron chi connectivity index (χ1n) is 7.88. The van der Waals surface area contributed by atoms with Crippen molar-refractivity contribution in [2.45, 2.75) is 12.5 Å². The van der Waals surface area contributed by atoms with E-state index in [1.807, 2.05) is 6.07 Å². The van der Waals surface area contributed by atoms with Crippen molar-refractivity contribution >= 4 is 5.91 Å². The first-order chi connectivity index (χ1) is 12.3. The summed E-state index contributed by atoms with van der Waals surface area (Å²) in [5, 5.41) is 3.89. The van der Waals surface area contributed by atoms with Crippen LogP contribution in [0.1, 0.15) is 16.9 Å². The van der Waals surface area contributed by atoms with Crippen molar-refractivity contribution in [3.63, 3.8) is 0 Å². The van der Waals surface area contributed by atoms with Crippen molar-refractivity contribution in [1.82, 2.24) is 25.0 Å². The monoisotopic (exact) mass is 337 g/mol. The lowest BCUT2D eigenvalue weighted by Crippen LogP contribution is -2.31. The van der Waals surface area contributed by atoms with Gasteiger partial charge in [0.05, 0.1) is 6.54 Å². The van der Waals surface area contributed by atoms with E-state index in [9.17, 15) is 4.79 Å². The van der Waals surface area contributed by atoms with Crippen LogP contribution in [0.5, 0.6) is 5.88 Å². The second kappa shape index (κ2) is 6.68. The van der Waals surface area contributed by atoms with E-state index in [0.29, 0.717) is 24.7 Å². The predicted octanol–water partition coefficient (Wildman–Crippen LogP) is 1.82. The zero-order chi connectivity index (χ0) is 17.1. The Balaban J connectivity index is 1.41. The molecule has 1 amide bonds. The molecule has 1 fully saturated rings. The zero-order valence-electron chi connectivity index (χ0n) is 13.3. The van der Waals surface area contributed by atoms with Gasteiger partial charge >= 0.3 is 0 Å². The number of pyridine rings is 1. The van der Waals surface area contributed by atoms with Crippen LogP contribution in [-0.2, 0) is 0 Å². The summed E-state index contributed by atoms with van der Waals surface area (Å²) in [5.74, 6) is 0.853. The quantitative estimate of drug-likeness (QED) is 0.716. The highest BCUT2D eigenvalue weighted by Gasteiger charge is 2.30.